The van der Waals surface area contributed by atoms with Crippen LogP contribution < -0.4 is 11.5 Å². The van der Waals surface area contributed by atoms with Crippen LogP contribution in [-0.4, -0.2) is 52.8 Å². The molecule has 5 rings (SSSR count). The Balaban J connectivity index is 1.47. The molecule has 0 aliphatic carbocycles. The van der Waals surface area contributed by atoms with E-state index in [2.05, 4.69) is 11.1 Å². The number of pyridine rings is 1. The molecule has 0 atom stereocenters. The van der Waals surface area contributed by atoms with Gasteiger partial charge in [-0.25, -0.2) is 4.98 Å². The van der Waals surface area contributed by atoms with E-state index in [9.17, 15) is 14.9 Å². The number of hydrogen-bond donors (Lipinski definition) is 2. The number of nitrogens with zero attached hydrogens (tertiary/aromatic N) is 4. The number of fused-ring (bicyclic) bond motifs is 1. The largest absolute Gasteiger partial charge is 0.459 e. The van der Waals surface area contributed by atoms with E-state index in [1.807, 2.05) is 30.3 Å². The Labute approximate surface area is 198 Å². The maximum Gasteiger partial charge on any atom is 0.289 e. The number of nitrogens with two attached hydrogens (primary N) is 2. The van der Waals surface area contributed by atoms with Crippen LogP contribution in [0.3, 0.4) is 0 Å². The van der Waals surface area contributed by atoms with Crippen molar-refractivity contribution < 1.29 is 14.0 Å². The van der Waals surface area contributed by atoms with Crippen molar-refractivity contribution in [1.29, 1.82) is 5.26 Å². The Morgan fingerprint density at radius 3 is 2.29 bits per heavy atom. The van der Waals surface area contributed by atoms with Crippen LogP contribution in [0.5, 0.6) is 0 Å². The molecule has 0 radical (unpaired) electrons. The summed E-state index contributed by atoms with van der Waals surface area (Å²) in [5.41, 5.74) is 14.4. The smallest absolute Gasteiger partial charge is 0.289 e. The summed E-state index contributed by atoms with van der Waals surface area (Å²) in [7, 11) is 0. The summed E-state index contributed by atoms with van der Waals surface area (Å²) in [5, 5.41) is 10.3. The monoisotopic (exact) mass is 472 g/mol. The first-order chi connectivity index (χ1) is 16.5. The fourth-order valence-electron chi connectivity index (χ4n) is 4.15. The SMILES string of the molecule is N#Cc1c(N)nc2sc(C(=O)N3CCN(C(=O)c4ccco4)CC3)c(N)c2c1-c1ccccc1. The van der Waals surface area contributed by atoms with Crippen molar-refractivity contribution in [2.24, 2.45) is 0 Å². The van der Waals surface area contributed by atoms with E-state index in [0.29, 0.717) is 46.8 Å². The molecule has 0 unspecified atom stereocenters. The first-order valence-electron chi connectivity index (χ1n) is 10.6. The van der Waals surface area contributed by atoms with E-state index >= 15 is 0 Å². The predicted octanol–water partition coefficient (Wildman–Crippen LogP) is 3.19. The molecular formula is C24H20N6O3S. The van der Waals surface area contributed by atoms with Gasteiger partial charge in [0.15, 0.2) is 5.76 Å². The fourth-order valence-corrected chi connectivity index (χ4v) is 5.23. The number of hydrogen-bond acceptors (Lipinski definition) is 8. The first kappa shape index (κ1) is 21.5. The van der Waals surface area contributed by atoms with Crippen LogP contribution in [0, 0.1) is 11.3 Å². The van der Waals surface area contributed by atoms with Gasteiger partial charge in [0, 0.05) is 37.1 Å². The lowest BCUT2D eigenvalue weighted by atomic mass is 9.97. The summed E-state index contributed by atoms with van der Waals surface area (Å²) in [5.74, 6) is -0.0607. The molecule has 1 saturated heterocycles. The lowest BCUT2D eigenvalue weighted by molar-refractivity contribution is 0.0521. The van der Waals surface area contributed by atoms with Gasteiger partial charge in [-0.3, -0.25) is 9.59 Å². The number of rotatable bonds is 3. The third-order valence-corrected chi connectivity index (χ3v) is 6.95. The molecule has 1 aliphatic rings. The van der Waals surface area contributed by atoms with Gasteiger partial charge < -0.3 is 25.7 Å². The van der Waals surface area contributed by atoms with Crippen molar-refractivity contribution in [2.75, 3.05) is 37.6 Å². The lowest BCUT2D eigenvalue weighted by Crippen LogP contribution is -2.50. The Hall–Kier alpha value is -4.36. The van der Waals surface area contributed by atoms with E-state index in [1.54, 1.807) is 21.9 Å². The van der Waals surface area contributed by atoms with Gasteiger partial charge in [-0.05, 0) is 17.7 Å². The molecular weight excluding hydrogens is 452 g/mol. The van der Waals surface area contributed by atoms with Gasteiger partial charge in [-0.2, -0.15) is 5.26 Å². The highest BCUT2D eigenvalue weighted by atomic mass is 32.1. The van der Waals surface area contributed by atoms with Gasteiger partial charge >= 0.3 is 0 Å². The van der Waals surface area contributed by atoms with E-state index in [4.69, 9.17) is 15.9 Å². The van der Waals surface area contributed by atoms with Gasteiger partial charge in [0.2, 0.25) is 0 Å². The molecule has 0 saturated carbocycles. The topological polar surface area (TPSA) is 142 Å². The van der Waals surface area contributed by atoms with E-state index < -0.39 is 0 Å². The molecule has 3 aromatic heterocycles. The average molecular weight is 473 g/mol. The summed E-state index contributed by atoms with van der Waals surface area (Å²) in [6.45, 7) is 1.50. The molecule has 9 nitrogen and oxygen atoms in total. The number of piperazine rings is 1. The van der Waals surface area contributed by atoms with Crippen LogP contribution in [0.25, 0.3) is 21.3 Å². The third-order valence-electron chi connectivity index (χ3n) is 5.86. The Morgan fingerprint density at radius 1 is 1.00 bits per heavy atom. The van der Waals surface area contributed by atoms with Crippen molar-refractivity contribution in [2.45, 2.75) is 0 Å². The zero-order chi connectivity index (χ0) is 23.8. The quantitative estimate of drug-likeness (QED) is 0.466. The van der Waals surface area contributed by atoms with E-state index in [-0.39, 0.29) is 34.6 Å². The Kier molecular flexibility index (Phi) is 5.39. The van der Waals surface area contributed by atoms with Crippen LogP contribution >= 0.6 is 11.3 Å². The van der Waals surface area contributed by atoms with Crippen molar-refractivity contribution in [3.8, 4) is 17.2 Å². The fraction of sp³-hybridized carbons (Fsp3) is 0.167. The van der Waals surface area contributed by atoms with Crippen LogP contribution in [0.15, 0.2) is 53.1 Å². The lowest BCUT2D eigenvalue weighted by Gasteiger charge is -2.34. The number of carbonyl (C=O) groups is 2. The number of aromatic nitrogens is 1. The van der Waals surface area contributed by atoms with Gasteiger partial charge in [-0.1, -0.05) is 30.3 Å². The second-order valence-corrected chi connectivity index (χ2v) is 8.81. The number of thiophene rings is 1. The van der Waals surface area contributed by atoms with Crippen LogP contribution in [0.4, 0.5) is 11.5 Å². The minimum atomic E-state index is -0.235. The molecule has 4 aromatic rings. The number of nitriles is 1. The summed E-state index contributed by atoms with van der Waals surface area (Å²) in [4.78, 5) is 34.4. The molecule has 34 heavy (non-hydrogen) atoms. The normalized spacial score (nSPS) is 13.7. The second-order valence-electron chi connectivity index (χ2n) is 7.81. The maximum atomic E-state index is 13.4. The third kappa shape index (κ3) is 3.52. The molecule has 1 fully saturated rings. The number of benzene rings is 1. The van der Waals surface area contributed by atoms with Crippen molar-refractivity contribution in [3.63, 3.8) is 0 Å². The predicted molar refractivity (Wildman–Crippen MR) is 129 cm³/mol. The summed E-state index contributed by atoms with van der Waals surface area (Å²) in [6, 6.07) is 14.7. The minimum Gasteiger partial charge on any atom is -0.459 e. The molecule has 2 amide bonds. The van der Waals surface area contributed by atoms with Crippen LogP contribution in [0.2, 0.25) is 0 Å². The summed E-state index contributed by atoms with van der Waals surface area (Å²) >= 11 is 1.16. The zero-order valence-electron chi connectivity index (χ0n) is 18.0. The Bertz CT molecular complexity index is 1430. The van der Waals surface area contributed by atoms with Gasteiger partial charge in [0.05, 0.1) is 12.0 Å². The second kappa shape index (κ2) is 8.53. The highest BCUT2D eigenvalue weighted by molar-refractivity contribution is 7.21. The summed E-state index contributed by atoms with van der Waals surface area (Å²) in [6.07, 6.45) is 1.46. The van der Waals surface area contributed by atoms with Gasteiger partial charge in [0.25, 0.3) is 11.8 Å². The molecule has 4 N–H and O–H groups in total. The van der Waals surface area contributed by atoms with E-state index in [0.717, 1.165) is 16.9 Å². The molecule has 0 bridgehead atoms. The van der Waals surface area contributed by atoms with Crippen LogP contribution in [-0.2, 0) is 0 Å². The highest BCUT2D eigenvalue weighted by Gasteiger charge is 2.30. The number of carbonyl (C=O) groups excluding carboxylic acids is 2. The first-order valence-corrected chi connectivity index (χ1v) is 11.4. The Morgan fingerprint density at radius 2 is 1.68 bits per heavy atom. The van der Waals surface area contributed by atoms with Crippen molar-refractivity contribution in [1.82, 2.24) is 14.8 Å². The highest BCUT2D eigenvalue weighted by Crippen LogP contribution is 2.42. The van der Waals surface area contributed by atoms with Gasteiger partial charge in [-0.15, -0.1) is 11.3 Å². The number of anilines is 2. The molecule has 170 valence electrons. The standard InChI is InChI=1S/C24H20N6O3S/c25-13-15-17(14-5-2-1-3-6-14)18-19(26)20(34-22(18)28-21(15)27)24(32)30-10-8-29(9-11-30)23(31)16-7-4-12-33-16/h1-7,12H,8-11,26H2,(H2,27,28). The average Bonchev–Trinajstić information content (AvgIpc) is 3.51. The zero-order valence-corrected chi connectivity index (χ0v) is 18.8. The molecule has 10 heteroatoms. The molecule has 4 heterocycles. The maximum absolute atomic E-state index is 13.4. The van der Waals surface area contributed by atoms with E-state index in [1.165, 1.54) is 6.26 Å². The van der Waals surface area contributed by atoms with Gasteiger partial charge in [0.1, 0.15) is 27.2 Å². The molecule has 1 aromatic carbocycles. The molecule has 1 aliphatic heterocycles. The molecule has 0 spiro atoms. The van der Waals surface area contributed by atoms with Crippen LogP contribution in [0.1, 0.15) is 25.8 Å². The summed E-state index contributed by atoms with van der Waals surface area (Å²) < 4.78 is 5.19. The number of nitrogen functional groups attached to an aromatic ring is 2. The number of furan rings is 1. The van der Waals surface area contributed by atoms with Crippen molar-refractivity contribution in [3.05, 3.63) is 64.9 Å². The number of amides is 2. The van der Waals surface area contributed by atoms with Crippen molar-refractivity contribution >= 4 is 44.9 Å². The minimum absolute atomic E-state index is 0.0964.